The van der Waals surface area contributed by atoms with Gasteiger partial charge in [0.1, 0.15) is 44.0 Å². The maximum atomic E-state index is 12.6. The molecule has 0 bridgehead atoms. The summed E-state index contributed by atoms with van der Waals surface area (Å²) in [4.78, 5) is -3.53. The Morgan fingerprint density at radius 2 is 1.00 bits per heavy atom. The van der Waals surface area contributed by atoms with Gasteiger partial charge in [0.15, 0.2) is 32.0 Å². The van der Waals surface area contributed by atoms with Crippen molar-refractivity contribution in [2.75, 3.05) is 24.7 Å². The van der Waals surface area contributed by atoms with Crippen LogP contribution in [-0.2, 0) is 68.0 Å². The summed E-state index contributed by atoms with van der Waals surface area (Å²) in [6.45, 7) is -1.58. The fraction of sp³-hybridized carbons (Fsp3) is 0.182. The average molecular weight is 855 g/mol. The number of phenols is 2. The van der Waals surface area contributed by atoms with E-state index in [2.05, 4.69) is 38.2 Å². The van der Waals surface area contributed by atoms with Gasteiger partial charge in [0.05, 0.1) is 34.5 Å². The van der Waals surface area contributed by atoms with Crippen molar-refractivity contribution in [3.8, 4) is 11.5 Å². The topological polar surface area (TPSA) is 378 Å². The molecule has 0 aliphatic rings. The Balaban J connectivity index is 1.96. The molecule has 0 spiro atoms. The summed E-state index contributed by atoms with van der Waals surface area (Å²) >= 11 is 0.0869. The molecule has 286 valence electrons. The van der Waals surface area contributed by atoms with Gasteiger partial charge in [-0.3, -0.25) is 17.8 Å². The first-order valence-electron chi connectivity index (χ1n) is 12.9. The van der Waals surface area contributed by atoms with Crippen LogP contribution in [0.25, 0.3) is 0 Å². The highest BCUT2D eigenvalue weighted by Gasteiger charge is 2.24. The Morgan fingerprint density at radius 3 is 1.40 bits per heavy atom. The predicted molar refractivity (Wildman–Crippen MR) is 171 cm³/mol. The molecule has 0 amide bonds. The lowest BCUT2D eigenvalue weighted by molar-refractivity contribution is -0.434. The Morgan fingerprint density at radius 1 is 0.577 bits per heavy atom. The molecule has 3 rings (SSSR count). The van der Waals surface area contributed by atoms with E-state index in [-0.39, 0.29) is 12.3 Å². The molecule has 0 aliphatic heterocycles. The first kappa shape index (κ1) is 42.7. The predicted octanol–water partition coefficient (Wildman–Crippen LogP) is 2.79. The van der Waals surface area contributed by atoms with Gasteiger partial charge in [0, 0.05) is 12.1 Å². The molecular formula is C22H22N4O20S6. The van der Waals surface area contributed by atoms with E-state index in [9.17, 15) is 61.4 Å². The lowest BCUT2D eigenvalue weighted by Gasteiger charge is -2.08. The highest BCUT2D eigenvalue weighted by molar-refractivity contribution is 7.92. The lowest BCUT2D eigenvalue weighted by atomic mass is 10.2. The van der Waals surface area contributed by atoms with E-state index >= 15 is 0 Å². The Kier molecular flexibility index (Phi) is 13.9. The second-order valence-corrected chi connectivity index (χ2v) is 18.0. The number of benzene rings is 3. The van der Waals surface area contributed by atoms with Crippen LogP contribution in [-0.4, -0.2) is 95.9 Å². The molecular weight excluding hydrogens is 833 g/mol. The van der Waals surface area contributed by atoms with E-state index in [0.717, 1.165) is 30.3 Å². The number of hydrogen-bond acceptors (Lipinski definition) is 22. The molecule has 0 saturated carbocycles. The second kappa shape index (κ2) is 16.9. The van der Waals surface area contributed by atoms with E-state index in [4.69, 9.17) is 9.81 Å². The molecule has 24 nitrogen and oxygen atoms in total. The standard InChI is InChI=1S/C22H22N4O20S6/c27-19-12-20(28)18(26-24-16-4-2-14(10-22(16)51(37,38)39)49(32,33)8-6-44-52(40,41)42)11-17(19)25-23-15-3-1-13(9-21(15)50(34,35)36)48(30,31)7-5-43-47-46-45-29/h1-4,9-12,27-29H,5-8H2,(H,34,35,36)(H,37,38,39)(H,40,41,42)/b25-23+,26-24+. The third-order valence-electron chi connectivity index (χ3n) is 5.87. The summed E-state index contributed by atoms with van der Waals surface area (Å²) in [5.41, 5.74) is -2.47. The van der Waals surface area contributed by atoms with Gasteiger partial charge >= 0.3 is 10.4 Å². The molecule has 3 aromatic carbocycles. The minimum Gasteiger partial charge on any atom is -0.505 e. The van der Waals surface area contributed by atoms with Crippen molar-refractivity contribution in [2.24, 2.45) is 20.5 Å². The van der Waals surface area contributed by atoms with Crippen LogP contribution in [0.3, 0.4) is 0 Å². The van der Waals surface area contributed by atoms with Gasteiger partial charge in [-0.25, -0.2) is 26.3 Å². The molecule has 3 aromatic rings. The zero-order valence-corrected chi connectivity index (χ0v) is 30.0. The van der Waals surface area contributed by atoms with Crippen LogP contribution in [0.5, 0.6) is 11.5 Å². The van der Waals surface area contributed by atoms with E-state index < -0.39 is 129 Å². The van der Waals surface area contributed by atoms with Crippen molar-refractivity contribution in [1.29, 1.82) is 0 Å². The molecule has 0 heterocycles. The minimum absolute atomic E-state index is 0.0869. The first-order valence-corrected chi connectivity index (χ1v) is 21.1. The van der Waals surface area contributed by atoms with Crippen LogP contribution in [0.1, 0.15) is 0 Å². The molecule has 0 aliphatic carbocycles. The van der Waals surface area contributed by atoms with Crippen LogP contribution in [0.2, 0.25) is 0 Å². The largest absolute Gasteiger partial charge is 0.505 e. The molecule has 0 aromatic heterocycles. The quantitative estimate of drug-likeness (QED) is 0.0267. The van der Waals surface area contributed by atoms with Crippen LogP contribution in [0.4, 0.5) is 22.7 Å². The minimum atomic E-state index is -5.22. The fourth-order valence-corrected chi connectivity index (χ4v) is 7.97. The van der Waals surface area contributed by atoms with Crippen molar-refractivity contribution in [1.82, 2.24) is 0 Å². The molecule has 52 heavy (non-hydrogen) atoms. The number of nitrogens with zero attached hydrogens (tertiary/aromatic N) is 4. The highest BCUT2D eigenvalue weighted by atomic mass is 32.3. The molecule has 0 atom stereocenters. The van der Waals surface area contributed by atoms with Crippen LogP contribution in [0, 0.1) is 0 Å². The van der Waals surface area contributed by atoms with Gasteiger partial charge in [0.2, 0.25) is 0 Å². The zero-order chi connectivity index (χ0) is 39.1. The highest BCUT2D eigenvalue weighted by Crippen LogP contribution is 2.41. The third kappa shape index (κ3) is 12.2. The first-order chi connectivity index (χ1) is 23.9. The summed E-state index contributed by atoms with van der Waals surface area (Å²) in [6, 6.07) is 5.71. The molecule has 30 heteroatoms. The van der Waals surface area contributed by atoms with Crippen molar-refractivity contribution in [2.45, 2.75) is 19.6 Å². The molecule has 0 saturated heterocycles. The van der Waals surface area contributed by atoms with Crippen molar-refractivity contribution >= 4 is 85.4 Å². The summed E-state index contributed by atoms with van der Waals surface area (Å²) in [5, 5.41) is 46.1. The van der Waals surface area contributed by atoms with Crippen LogP contribution in [0.15, 0.2) is 88.6 Å². The van der Waals surface area contributed by atoms with Crippen molar-refractivity contribution in [3.05, 3.63) is 48.5 Å². The molecule has 0 unspecified atom stereocenters. The Bertz CT molecular complexity index is 2440. The van der Waals surface area contributed by atoms with Crippen molar-refractivity contribution in [3.63, 3.8) is 0 Å². The number of aromatic hydroxyl groups is 2. The molecule has 0 fully saturated rings. The summed E-state index contributed by atoms with van der Waals surface area (Å²) in [5.74, 6) is -3.39. The number of phenolic OH excluding ortho intramolecular Hbond substituents is 2. The van der Waals surface area contributed by atoms with Gasteiger partial charge in [-0.05, 0) is 36.4 Å². The van der Waals surface area contributed by atoms with Gasteiger partial charge in [-0.2, -0.15) is 25.3 Å². The Labute approximate surface area is 297 Å². The third-order valence-corrected chi connectivity index (χ3v) is 11.8. The normalized spacial score (nSPS) is 13.3. The van der Waals surface area contributed by atoms with Gasteiger partial charge < -0.3 is 10.2 Å². The van der Waals surface area contributed by atoms with Crippen LogP contribution < -0.4 is 0 Å². The summed E-state index contributed by atoms with van der Waals surface area (Å²) < 4.78 is 160. The second-order valence-electron chi connectivity index (χ2n) is 9.36. The smallest absolute Gasteiger partial charge is 0.397 e. The van der Waals surface area contributed by atoms with Gasteiger partial charge in [-0.1, -0.05) is 5.04 Å². The molecule has 0 radical (unpaired) electrons. The van der Waals surface area contributed by atoms with Crippen molar-refractivity contribution < 1.29 is 89.0 Å². The fourth-order valence-electron chi connectivity index (χ4n) is 3.58. The zero-order valence-electron chi connectivity index (χ0n) is 25.1. The van der Waals surface area contributed by atoms with Gasteiger partial charge in [0.25, 0.3) is 20.2 Å². The number of rotatable bonds is 18. The lowest BCUT2D eigenvalue weighted by Crippen LogP contribution is -2.16. The SMILES string of the molecule is O=S(=O)(O)OCCS(=O)(=O)c1ccc(/N=N/c2cc(/N=N/c3ccc(S(=O)(=O)CCOSOOO)cc3S(=O)(=O)O)c(O)cc2O)c(S(=O)(=O)O)c1. The summed E-state index contributed by atoms with van der Waals surface area (Å²) in [6.07, 6.45) is 0. The number of hydrogen-bond donors (Lipinski definition) is 6. The number of azo groups is 2. The molecule has 6 N–H and O–H groups in total. The maximum Gasteiger partial charge on any atom is 0.397 e. The Hall–Kier alpha value is -3.76. The van der Waals surface area contributed by atoms with E-state index in [1.54, 1.807) is 0 Å². The van der Waals surface area contributed by atoms with Gasteiger partial charge in [-0.15, -0.1) is 24.8 Å². The summed E-state index contributed by atoms with van der Waals surface area (Å²) in [7, 11) is -24.1. The maximum absolute atomic E-state index is 12.6. The number of sulfone groups is 2. The monoisotopic (exact) mass is 854 g/mol. The van der Waals surface area contributed by atoms with E-state index in [1.807, 2.05) is 0 Å². The average Bonchev–Trinajstić information content (AvgIpc) is 3.02. The van der Waals surface area contributed by atoms with E-state index in [1.165, 1.54) is 0 Å². The van der Waals surface area contributed by atoms with Crippen LogP contribution >= 0.6 is 12.3 Å². The van der Waals surface area contributed by atoms with E-state index in [0.29, 0.717) is 18.2 Å².